The summed E-state index contributed by atoms with van der Waals surface area (Å²) >= 11 is 0. The van der Waals surface area contributed by atoms with Crippen molar-refractivity contribution in [1.29, 1.82) is 0 Å². The van der Waals surface area contributed by atoms with Gasteiger partial charge >= 0.3 is 0 Å². The molecule has 1 N–H and O–H groups in total. The Balaban J connectivity index is 1.62. The van der Waals surface area contributed by atoms with E-state index in [0.717, 1.165) is 48.4 Å². The van der Waals surface area contributed by atoms with E-state index in [0.29, 0.717) is 19.7 Å². The second-order valence-corrected chi connectivity index (χ2v) is 7.14. The number of likely N-dealkylation sites (tertiary alicyclic amines) is 1. The fourth-order valence-electron chi connectivity index (χ4n) is 3.95. The average molecular weight is 367 g/mol. The van der Waals surface area contributed by atoms with Crippen LogP contribution in [0, 0.1) is 0 Å². The number of hydrogen-bond donors (Lipinski definition) is 1. The Bertz CT molecular complexity index is 791. The molecule has 1 aromatic carbocycles. The highest BCUT2D eigenvalue weighted by Crippen LogP contribution is 2.30. The van der Waals surface area contributed by atoms with Gasteiger partial charge in [-0.05, 0) is 55.3 Å². The van der Waals surface area contributed by atoms with Gasteiger partial charge in [-0.3, -0.25) is 14.7 Å². The summed E-state index contributed by atoms with van der Waals surface area (Å²) < 4.78 is 5.84. The predicted molar refractivity (Wildman–Crippen MR) is 101 cm³/mol. The number of ether oxygens (including phenoxy) is 1. The van der Waals surface area contributed by atoms with Crippen molar-refractivity contribution in [2.45, 2.75) is 32.0 Å². The number of benzene rings is 1. The van der Waals surface area contributed by atoms with E-state index in [2.05, 4.69) is 9.88 Å². The quantitative estimate of drug-likeness (QED) is 0.897. The van der Waals surface area contributed by atoms with Crippen LogP contribution in [-0.2, 0) is 17.9 Å². The number of aliphatic hydroxyl groups excluding tert-OH is 1. The molecular formula is C21H25N3O3. The summed E-state index contributed by atoms with van der Waals surface area (Å²) in [5.74, 6) is 0.886. The number of pyridine rings is 1. The van der Waals surface area contributed by atoms with Gasteiger partial charge in [-0.25, -0.2) is 0 Å². The Labute approximate surface area is 159 Å². The first-order chi connectivity index (χ1) is 13.3. The van der Waals surface area contributed by atoms with Crippen molar-refractivity contribution in [2.24, 2.45) is 0 Å². The number of hydrogen-bond acceptors (Lipinski definition) is 5. The maximum atomic E-state index is 13.6. The molecule has 0 bridgehead atoms. The number of amides is 1. The lowest BCUT2D eigenvalue weighted by Crippen LogP contribution is -2.42. The minimum Gasteiger partial charge on any atom is -0.491 e. The van der Waals surface area contributed by atoms with E-state index in [1.54, 1.807) is 12.4 Å². The van der Waals surface area contributed by atoms with Crippen LogP contribution in [0.3, 0.4) is 0 Å². The molecule has 6 heteroatoms. The molecule has 6 nitrogen and oxygen atoms in total. The highest BCUT2D eigenvalue weighted by molar-refractivity contribution is 5.83. The average Bonchev–Trinajstić information content (AvgIpc) is 3.14. The van der Waals surface area contributed by atoms with Crippen LogP contribution >= 0.6 is 0 Å². The van der Waals surface area contributed by atoms with Crippen LogP contribution in [-0.4, -0.2) is 52.0 Å². The zero-order valence-electron chi connectivity index (χ0n) is 15.4. The largest absolute Gasteiger partial charge is 0.491 e. The molecule has 1 aromatic heterocycles. The first-order valence-electron chi connectivity index (χ1n) is 9.54. The molecule has 1 amide bonds. The number of rotatable bonds is 4. The lowest BCUT2D eigenvalue weighted by molar-refractivity contribution is -0.137. The minimum atomic E-state index is -0.302. The molecule has 2 aliphatic rings. The van der Waals surface area contributed by atoms with E-state index >= 15 is 0 Å². The predicted octanol–water partition coefficient (Wildman–Crippen LogP) is 2.13. The van der Waals surface area contributed by atoms with Crippen molar-refractivity contribution in [3.8, 4) is 5.75 Å². The monoisotopic (exact) mass is 367 g/mol. The molecule has 0 spiro atoms. The summed E-state index contributed by atoms with van der Waals surface area (Å²) in [5, 5.41) is 9.43. The van der Waals surface area contributed by atoms with Gasteiger partial charge in [0.25, 0.3) is 0 Å². The number of aliphatic hydroxyl groups is 1. The summed E-state index contributed by atoms with van der Waals surface area (Å²) in [6.07, 6.45) is 5.78. The SMILES string of the molecule is O=C([C@H](c1cccnc1)N1CCCC1)N1CCOc2ccc(CO)cc2C1. The van der Waals surface area contributed by atoms with Crippen LogP contribution in [0.1, 0.15) is 35.6 Å². The van der Waals surface area contributed by atoms with E-state index < -0.39 is 0 Å². The van der Waals surface area contributed by atoms with Crippen LogP contribution in [0.25, 0.3) is 0 Å². The zero-order valence-corrected chi connectivity index (χ0v) is 15.4. The van der Waals surface area contributed by atoms with Crippen molar-refractivity contribution < 1.29 is 14.6 Å². The second kappa shape index (κ2) is 8.06. The highest BCUT2D eigenvalue weighted by atomic mass is 16.5. The Kier molecular flexibility index (Phi) is 5.36. The third-order valence-electron chi connectivity index (χ3n) is 5.34. The Morgan fingerprint density at radius 1 is 1.22 bits per heavy atom. The van der Waals surface area contributed by atoms with Crippen LogP contribution in [0.4, 0.5) is 0 Å². The van der Waals surface area contributed by atoms with Gasteiger partial charge in [-0.2, -0.15) is 0 Å². The normalized spacial score (nSPS) is 18.5. The summed E-state index contributed by atoms with van der Waals surface area (Å²) in [4.78, 5) is 21.9. The number of nitrogens with zero attached hydrogens (tertiary/aromatic N) is 3. The van der Waals surface area contributed by atoms with E-state index in [-0.39, 0.29) is 18.6 Å². The van der Waals surface area contributed by atoms with Crippen molar-refractivity contribution in [3.05, 3.63) is 59.4 Å². The molecule has 0 saturated carbocycles. The topological polar surface area (TPSA) is 65.9 Å². The molecule has 1 atom stereocenters. The van der Waals surface area contributed by atoms with Crippen molar-refractivity contribution in [1.82, 2.24) is 14.8 Å². The number of aromatic nitrogens is 1. The molecule has 4 rings (SSSR count). The van der Waals surface area contributed by atoms with E-state index in [4.69, 9.17) is 4.74 Å². The van der Waals surface area contributed by atoms with Crippen molar-refractivity contribution in [2.75, 3.05) is 26.2 Å². The van der Waals surface area contributed by atoms with E-state index in [9.17, 15) is 9.90 Å². The lowest BCUT2D eigenvalue weighted by atomic mass is 10.0. The molecule has 2 aliphatic heterocycles. The highest BCUT2D eigenvalue weighted by Gasteiger charge is 2.34. The zero-order chi connectivity index (χ0) is 18.6. The molecule has 3 heterocycles. The van der Waals surface area contributed by atoms with Crippen LogP contribution in [0.15, 0.2) is 42.7 Å². The Hall–Kier alpha value is -2.44. The van der Waals surface area contributed by atoms with Crippen molar-refractivity contribution in [3.63, 3.8) is 0 Å². The van der Waals surface area contributed by atoms with Gasteiger partial charge in [0, 0.05) is 24.5 Å². The molecule has 142 valence electrons. The van der Waals surface area contributed by atoms with Gasteiger partial charge in [-0.15, -0.1) is 0 Å². The fourth-order valence-corrected chi connectivity index (χ4v) is 3.95. The van der Waals surface area contributed by atoms with Crippen LogP contribution in [0.5, 0.6) is 5.75 Å². The molecule has 0 aliphatic carbocycles. The van der Waals surface area contributed by atoms with Gasteiger partial charge in [0.1, 0.15) is 18.4 Å². The Morgan fingerprint density at radius 2 is 2.07 bits per heavy atom. The fraction of sp³-hybridized carbons (Fsp3) is 0.429. The third-order valence-corrected chi connectivity index (χ3v) is 5.34. The van der Waals surface area contributed by atoms with Crippen LogP contribution < -0.4 is 4.74 Å². The third kappa shape index (κ3) is 3.82. The lowest BCUT2D eigenvalue weighted by Gasteiger charge is -2.31. The maximum Gasteiger partial charge on any atom is 0.245 e. The summed E-state index contributed by atoms with van der Waals surface area (Å²) in [6.45, 7) is 3.35. The smallest absolute Gasteiger partial charge is 0.245 e. The van der Waals surface area contributed by atoms with E-state index in [1.807, 2.05) is 35.2 Å². The molecule has 1 fully saturated rings. The molecule has 27 heavy (non-hydrogen) atoms. The van der Waals surface area contributed by atoms with Gasteiger partial charge in [0.15, 0.2) is 0 Å². The Morgan fingerprint density at radius 3 is 2.81 bits per heavy atom. The summed E-state index contributed by atoms with van der Waals surface area (Å²) in [7, 11) is 0. The van der Waals surface area contributed by atoms with Crippen LogP contribution in [0.2, 0.25) is 0 Å². The first-order valence-corrected chi connectivity index (χ1v) is 9.54. The summed E-state index contributed by atoms with van der Waals surface area (Å²) in [6, 6.07) is 9.24. The van der Waals surface area contributed by atoms with Gasteiger partial charge in [0.05, 0.1) is 13.2 Å². The summed E-state index contributed by atoms with van der Waals surface area (Å²) in [5.41, 5.74) is 2.72. The molecule has 0 radical (unpaired) electrons. The van der Waals surface area contributed by atoms with Gasteiger partial charge in [-0.1, -0.05) is 12.1 Å². The molecule has 0 unspecified atom stereocenters. The van der Waals surface area contributed by atoms with Gasteiger partial charge < -0.3 is 14.7 Å². The molecule has 2 aromatic rings. The van der Waals surface area contributed by atoms with E-state index in [1.165, 1.54) is 0 Å². The maximum absolute atomic E-state index is 13.6. The number of carbonyl (C=O) groups is 1. The number of carbonyl (C=O) groups excluding carboxylic acids is 1. The minimum absolute atomic E-state index is 0.0205. The molecular weight excluding hydrogens is 342 g/mol. The van der Waals surface area contributed by atoms with Crippen molar-refractivity contribution >= 4 is 5.91 Å². The first kappa shape index (κ1) is 17.9. The number of fused-ring (bicyclic) bond motifs is 1. The molecule has 1 saturated heterocycles. The second-order valence-electron chi connectivity index (χ2n) is 7.14. The standard InChI is InChI=1S/C21H25N3O3/c25-15-16-5-6-19-18(12-16)14-24(10-11-27-19)21(26)20(23-8-1-2-9-23)17-4-3-7-22-13-17/h3-7,12-13,20,25H,1-2,8-11,14-15H2/t20-/m0/s1. The van der Waals surface area contributed by atoms with Gasteiger partial charge in [0.2, 0.25) is 5.91 Å².